The number of hydrogen-bond donors (Lipinski definition) is 2. The highest BCUT2D eigenvalue weighted by atomic mass is 14.8. The van der Waals surface area contributed by atoms with Crippen molar-refractivity contribution >= 4 is 0 Å². The summed E-state index contributed by atoms with van der Waals surface area (Å²) in [6, 6.07) is 0. The largest absolute Gasteiger partial charge is 0.401 e. The zero-order chi connectivity index (χ0) is 7.82. The first-order valence-electron chi connectivity index (χ1n) is 3.93. The molecule has 2 nitrogen and oxygen atoms in total. The second-order valence-electron chi connectivity index (χ2n) is 2.55. The van der Waals surface area contributed by atoms with Gasteiger partial charge >= 0.3 is 0 Å². The summed E-state index contributed by atoms with van der Waals surface area (Å²) in [5.74, 6) is 0. The molecule has 0 aromatic rings. The zero-order valence-corrected chi connectivity index (χ0v) is 6.98. The van der Waals surface area contributed by atoms with Gasteiger partial charge in [0.25, 0.3) is 0 Å². The number of allylic oxidation sites excluding steroid dienone is 1. The molecule has 0 bridgehead atoms. The molecule has 0 amide bonds. The molecule has 60 valence electrons. The molecule has 0 heterocycles. The van der Waals surface area contributed by atoms with Crippen LogP contribution in [-0.4, -0.2) is 6.54 Å². The van der Waals surface area contributed by atoms with Crippen LogP contribution < -0.4 is 11.1 Å². The molecule has 0 atom stereocenters. The van der Waals surface area contributed by atoms with Crippen molar-refractivity contribution < 1.29 is 0 Å². The quantitative estimate of drug-likeness (QED) is 0.572. The highest BCUT2D eigenvalue weighted by Gasteiger charge is 1.82. The van der Waals surface area contributed by atoms with E-state index in [9.17, 15) is 0 Å². The molecule has 0 radical (unpaired) electrons. The topological polar surface area (TPSA) is 38.0 Å². The fourth-order valence-electron chi connectivity index (χ4n) is 0.710. The number of hydrogen-bond acceptors (Lipinski definition) is 2. The minimum absolute atomic E-state index is 0.844. The van der Waals surface area contributed by atoms with Crippen LogP contribution in [0.25, 0.3) is 0 Å². The van der Waals surface area contributed by atoms with Crippen LogP contribution in [0.1, 0.15) is 33.1 Å². The monoisotopic (exact) mass is 142 g/mol. The van der Waals surface area contributed by atoms with E-state index in [0.29, 0.717) is 0 Å². The summed E-state index contributed by atoms with van der Waals surface area (Å²) in [6.45, 7) is 5.12. The van der Waals surface area contributed by atoms with E-state index < -0.39 is 0 Å². The van der Waals surface area contributed by atoms with Gasteiger partial charge in [0.1, 0.15) is 0 Å². The fraction of sp³-hybridized carbons (Fsp3) is 0.750. The Kier molecular flexibility index (Phi) is 6.03. The van der Waals surface area contributed by atoms with Crippen LogP contribution in [0.15, 0.2) is 11.9 Å². The Morgan fingerprint density at radius 1 is 1.50 bits per heavy atom. The molecule has 0 aromatic heterocycles. The Labute approximate surface area is 63.5 Å². The van der Waals surface area contributed by atoms with Crippen molar-refractivity contribution in [2.24, 2.45) is 5.73 Å². The van der Waals surface area contributed by atoms with Crippen molar-refractivity contribution in [2.45, 2.75) is 33.1 Å². The predicted molar refractivity (Wildman–Crippen MR) is 45.5 cm³/mol. The van der Waals surface area contributed by atoms with Crippen LogP contribution in [-0.2, 0) is 0 Å². The lowest BCUT2D eigenvalue weighted by Crippen LogP contribution is -2.09. The maximum atomic E-state index is 5.41. The lowest BCUT2D eigenvalue weighted by molar-refractivity contribution is 0.681. The van der Waals surface area contributed by atoms with E-state index in [1.54, 1.807) is 0 Å². The van der Waals surface area contributed by atoms with E-state index in [1.807, 2.05) is 13.1 Å². The van der Waals surface area contributed by atoms with E-state index in [2.05, 4.69) is 12.2 Å². The van der Waals surface area contributed by atoms with Gasteiger partial charge < -0.3 is 11.1 Å². The zero-order valence-electron chi connectivity index (χ0n) is 6.98. The smallest absolute Gasteiger partial charge is 0.0208 e. The van der Waals surface area contributed by atoms with Crippen molar-refractivity contribution in [1.29, 1.82) is 0 Å². The molecule has 0 fully saturated rings. The Hall–Kier alpha value is -0.660. The average Bonchev–Trinajstić information content (AvgIpc) is 1.87. The van der Waals surface area contributed by atoms with Gasteiger partial charge in [0.05, 0.1) is 0 Å². The predicted octanol–water partition coefficient (Wildman–Crippen LogP) is 1.59. The molecule has 10 heavy (non-hydrogen) atoms. The van der Waals surface area contributed by atoms with Crippen molar-refractivity contribution in [3.63, 3.8) is 0 Å². The van der Waals surface area contributed by atoms with Crippen LogP contribution in [0.2, 0.25) is 0 Å². The second kappa shape index (κ2) is 6.46. The van der Waals surface area contributed by atoms with Gasteiger partial charge in [-0.25, -0.2) is 0 Å². The fourth-order valence-corrected chi connectivity index (χ4v) is 0.710. The maximum Gasteiger partial charge on any atom is 0.0208 e. The third-order valence-electron chi connectivity index (χ3n) is 1.25. The summed E-state index contributed by atoms with van der Waals surface area (Å²) >= 11 is 0. The third kappa shape index (κ3) is 7.34. The van der Waals surface area contributed by atoms with Crippen molar-refractivity contribution in [3.05, 3.63) is 11.9 Å². The molecular weight excluding hydrogens is 124 g/mol. The standard InChI is InChI=1S/C8H18N2/c1-3-4-5-6-10-7-8(2)9/h7,10H,3-6,9H2,1-2H3/b8-7-. The third-order valence-corrected chi connectivity index (χ3v) is 1.25. The SMILES string of the molecule is CCCCCN/C=C(/C)N. The van der Waals surface area contributed by atoms with Gasteiger partial charge in [0, 0.05) is 18.4 Å². The summed E-state index contributed by atoms with van der Waals surface area (Å²) in [5, 5.41) is 3.13. The van der Waals surface area contributed by atoms with E-state index in [4.69, 9.17) is 5.73 Å². The van der Waals surface area contributed by atoms with Crippen LogP contribution in [0, 0.1) is 0 Å². The van der Waals surface area contributed by atoms with Crippen LogP contribution in [0.5, 0.6) is 0 Å². The number of unbranched alkanes of at least 4 members (excludes halogenated alkanes) is 2. The maximum absolute atomic E-state index is 5.41. The van der Waals surface area contributed by atoms with Gasteiger partial charge in [-0.15, -0.1) is 0 Å². The minimum atomic E-state index is 0.844. The van der Waals surface area contributed by atoms with Crippen LogP contribution in [0.3, 0.4) is 0 Å². The first-order valence-corrected chi connectivity index (χ1v) is 3.93. The van der Waals surface area contributed by atoms with Crippen molar-refractivity contribution in [1.82, 2.24) is 5.32 Å². The lowest BCUT2D eigenvalue weighted by atomic mass is 10.2. The molecule has 3 N–H and O–H groups in total. The molecule has 0 unspecified atom stereocenters. The summed E-state index contributed by atoms with van der Waals surface area (Å²) in [7, 11) is 0. The summed E-state index contributed by atoms with van der Waals surface area (Å²) in [5.41, 5.74) is 6.25. The second-order valence-corrected chi connectivity index (χ2v) is 2.55. The molecule has 0 rings (SSSR count). The van der Waals surface area contributed by atoms with Gasteiger partial charge in [-0.1, -0.05) is 19.8 Å². The van der Waals surface area contributed by atoms with Gasteiger partial charge in [-0.3, -0.25) is 0 Å². The molecule has 0 saturated carbocycles. The summed E-state index contributed by atoms with van der Waals surface area (Å²) in [4.78, 5) is 0. The summed E-state index contributed by atoms with van der Waals surface area (Å²) < 4.78 is 0. The molecule has 0 aliphatic heterocycles. The highest BCUT2D eigenvalue weighted by molar-refractivity contribution is 4.88. The number of nitrogens with one attached hydrogen (secondary N) is 1. The van der Waals surface area contributed by atoms with E-state index in [0.717, 1.165) is 12.2 Å². The van der Waals surface area contributed by atoms with Crippen molar-refractivity contribution in [3.8, 4) is 0 Å². The van der Waals surface area contributed by atoms with Gasteiger partial charge in [-0.05, 0) is 13.3 Å². The van der Waals surface area contributed by atoms with Crippen molar-refractivity contribution in [2.75, 3.05) is 6.54 Å². The Morgan fingerprint density at radius 2 is 2.20 bits per heavy atom. The molecule has 2 heteroatoms. The van der Waals surface area contributed by atoms with Gasteiger partial charge in [-0.2, -0.15) is 0 Å². The molecule has 0 aliphatic carbocycles. The number of rotatable bonds is 5. The normalized spacial score (nSPS) is 11.6. The average molecular weight is 142 g/mol. The molecule has 0 aromatic carbocycles. The highest BCUT2D eigenvalue weighted by Crippen LogP contribution is 1.90. The summed E-state index contributed by atoms with van der Waals surface area (Å²) in [6.07, 6.45) is 5.66. The van der Waals surface area contributed by atoms with E-state index >= 15 is 0 Å². The Bertz CT molecular complexity index is 93.4. The van der Waals surface area contributed by atoms with E-state index in [-0.39, 0.29) is 0 Å². The van der Waals surface area contributed by atoms with Gasteiger partial charge in [0.2, 0.25) is 0 Å². The first-order chi connectivity index (χ1) is 4.77. The lowest BCUT2D eigenvalue weighted by Gasteiger charge is -1.99. The Balaban J connectivity index is 2.98. The first kappa shape index (κ1) is 9.34. The molecule has 0 aliphatic rings. The Morgan fingerprint density at radius 3 is 2.70 bits per heavy atom. The number of nitrogens with two attached hydrogens (primary N) is 1. The van der Waals surface area contributed by atoms with Crippen LogP contribution >= 0.6 is 0 Å². The van der Waals surface area contributed by atoms with Gasteiger partial charge in [0.15, 0.2) is 0 Å². The minimum Gasteiger partial charge on any atom is -0.401 e. The van der Waals surface area contributed by atoms with Crippen LogP contribution in [0.4, 0.5) is 0 Å². The molecule has 0 spiro atoms. The molecule has 0 saturated heterocycles. The molecular formula is C8H18N2. The van der Waals surface area contributed by atoms with E-state index in [1.165, 1.54) is 19.3 Å².